The van der Waals surface area contributed by atoms with E-state index in [9.17, 15) is 4.79 Å². The highest BCUT2D eigenvalue weighted by molar-refractivity contribution is 5.74. The third kappa shape index (κ3) is 2.01. The number of rotatable bonds is 2. The molecular formula is C15H15N3O2. The van der Waals surface area contributed by atoms with Gasteiger partial charge in [0.1, 0.15) is 11.2 Å². The van der Waals surface area contributed by atoms with Crippen LogP contribution in [-0.2, 0) is 6.54 Å². The van der Waals surface area contributed by atoms with E-state index in [1.54, 1.807) is 18.4 Å². The summed E-state index contributed by atoms with van der Waals surface area (Å²) >= 11 is 0. The summed E-state index contributed by atoms with van der Waals surface area (Å²) in [6.45, 7) is 6.08. The Kier molecular flexibility index (Phi) is 2.89. The average Bonchev–Trinajstić information content (AvgIpc) is 2.76. The molecule has 0 amide bonds. The van der Waals surface area contributed by atoms with Crippen LogP contribution in [0.4, 0.5) is 0 Å². The fourth-order valence-electron chi connectivity index (χ4n) is 2.35. The van der Waals surface area contributed by atoms with Crippen LogP contribution in [0.25, 0.3) is 11.1 Å². The van der Waals surface area contributed by atoms with Gasteiger partial charge in [-0.2, -0.15) is 4.98 Å². The average molecular weight is 269 g/mol. The Morgan fingerprint density at radius 1 is 1.25 bits per heavy atom. The van der Waals surface area contributed by atoms with E-state index in [-0.39, 0.29) is 5.56 Å². The van der Waals surface area contributed by atoms with Crippen molar-refractivity contribution < 1.29 is 4.52 Å². The summed E-state index contributed by atoms with van der Waals surface area (Å²) in [6.07, 6.45) is 0. The highest BCUT2D eigenvalue weighted by Gasteiger charge is 2.14. The molecule has 0 aliphatic carbocycles. The number of aryl methyl sites for hydroxylation is 3. The molecule has 2 aromatic heterocycles. The summed E-state index contributed by atoms with van der Waals surface area (Å²) in [7, 11) is 0. The summed E-state index contributed by atoms with van der Waals surface area (Å²) in [6, 6.07) is 8.09. The molecule has 0 fully saturated rings. The van der Waals surface area contributed by atoms with Gasteiger partial charge >= 0.3 is 0 Å². The van der Waals surface area contributed by atoms with Crippen LogP contribution in [0.1, 0.15) is 22.6 Å². The van der Waals surface area contributed by atoms with Crippen molar-refractivity contribution in [1.82, 2.24) is 14.7 Å². The predicted octanol–water partition coefficient (Wildman–Crippen LogP) is 2.36. The molecule has 0 saturated carbocycles. The van der Waals surface area contributed by atoms with Crippen molar-refractivity contribution in [3.63, 3.8) is 0 Å². The van der Waals surface area contributed by atoms with Crippen molar-refractivity contribution in [2.75, 3.05) is 0 Å². The van der Waals surface area contributed by atoms with Gasteiger partial charge in [-0.25, -0.2) is 0 Å². The summed E-state index contributed by atoms with van der Waals surface area (Å²) in [5.74, 6) is 0.625. The van der Waals surface area contributed by atoms with Gasteiger partial charge in [0, 0.05) is 0 Å². The predicted molar refractivity (Wildman–Crippen MR) is 75.8 cm³/mol. The Labute approximate surface area is 115 Å². The summed E-state index contributed by atoms with van der Waals surface area (Å²) in [5, 5.41) is 4.27. The zero-order valence-electron chi connectivity index (χ0n) is 11.7. The van der Waals surface area contributed by atoms with Crippen molar-refractivity contribution in [3.05, 3.63) is 57.3 Å². The molecule has 2 heterocycles. The van der Waals surface area contributed by atoms with Crippen molar-refractivity contribution >= 4 is 11.1 Å². The molecule has 0 aliphatic rings. The standard InChI is InChI=1S/C15H15N3O2/c1-9-5-4-6-12(7-9)8-18-11(3)16-14-13(15(18)19)10(2)17-20-14/h4-7H,8H2,1-3H3. The third-order valence-corrected chi connectivity index (χ3v) is 3.38. The van der Waals surface area contributed by atoms with Crippen molar-refractivity contribution in [2.24, 2.45) is 0 Å². The Balaban J connectivity index is 2.16. The van der Waals surface area contributed by atoms with Gasteiger partial charge in [-0.1, -0.05) is 35.0 Å². The van der Waals surface area contributed by atoms with Gasteiger partial charge in [0.05, 0.1) is 12.2 Å². The fraction of sp³-hybridized carbons (Fsp3) is 0.267. The maximum Gasteiger partial charge on any atom is 0.267 e. The number of fused-ring (bicyclic) bond motifs is 1. The smallest absolute Gasteiger partial charge is 0.267 e. The fourth-order valence-corrected chi connectivity index (χ4v) is 2.35. The van der Waals surface area contributed by atoms with Crippen molar-refractivity contribution in [3.8, 4) is 0 Å². The van der Waals surface area contributed by atoms with Crippen LogP contribution in [-0.4, -0.2) is 14.7 Å². The maximum atomic E-state index is 12.5. The van der Waals surface area contributed by atoms with Crippen LogP contribution < -0.4 is 5.56 Å². The quantitative estimate of drug-likeness (QED) is 0.716. The largest absolute Gasteiger partial charge is 0.335 e. The number of hydrogen-bond acceptors (Lipinski definition) is 4. The van der Waals surface area contributed by atoms with Gasteiger partial charge < -0.3 is 4.52 Å². The molecule has 20 heavy (non-hydrogen) atoms. The van der Waals surface area contributed by atoms with Crippen LogP contribution in [0, 0.1) is 20.8 Å². The number of benzene rings is 1. The lowest BCUT2D eigenvalue weighted by molar-refractivity contribution is 0.441. The second-order valence-electron chi connectivity index (χ2n) is 4.99. The summed E-state index contributed by atoms with van der Waals surface area (Å²) in [4.78, 5) is 16.9. The van der Waals surface area contributed by atoms with E-state index in [2.05, 4.69) is 16.2 Å². The molecule has 0 atom stereocenters. The van der Waals surface area contributed by atoms with Crippen LogP contribution >= 0.6 is 0 Å². The van der Waals surface area contributed by atoms with E-state index in [1.807, 2.05) is 25.1 Å². The summed E-state index contributed by atoms with van der Waals surface area (Å²) in [5.41, 5.74) is 3.03. The summed E-state index contributed by atoms with van der Waals surface area (Å²) < 4.78 is 6.71. The van der Waals surface area contributed by atoms with Gasteiger partial charge in [-0.05, 0) is 26.3 Å². The van der Waals surface area contributed by atoms with E-state index in [0.29, 0.717) is 29.2 Å². The highest BCUT2D eigenvalue weighted by atomic mass is 16.5. The van der Waals surface area contributed by atoms with Gasteiger partial charge in [-0.15, -0.1) is 0 Å². The first-order chi connectivity index (χ1) is 9.56. The maximum absolute atomic E-state index is 12.5. The van der Waals surface area contributed by atoms with Crippen molar-refractivity contribution in [1.29, 1.82) is 0 Å². The Morgan fingerprint density at radius 3 is 2.80 bits per heavy atom. The van der Waals surface area contributed by atoms with Gasteiger partial charge in [0.2, 0.25) is 0 Å². The van der Waals surface area contributed by atoms with Crippen LogP contribution in [0.3, 0.4) is 0 Å². The van der Waals surface area contributed by atoms with Crippen LogP contribution in [0.5, 0.6) is 0 Å². The van der Waals surface area contributed by atoms with Gasteiger partial charge in [0.15, 0.2) is 0 Å². The molecular weight excluding hydrogens is 254 g/mol. The lowest BCUT2D eigenvalue weighted by Gasteiger charge is -2.09. The minimum Gasteiger partial charge on any atom is -0.335 e. The molecule has 0 N–H and O–H groups in total. The highest BCUT2D eigenvalue weighted by Crippen LogP contribution is 2.13. The van der Waals surface area contributed by atoms with Crippen LogP contribution in [0.15, 0.2) is 33.6 Å². The molecule has 3 rings (SSSR count). The lowest BCUT2D eigenvalue weighted by Crippen LogP contribution is -2.24. The van der Waals surface area contributed by atoms with E-state index >= 15 is 0 Å². The zero-order chi connectivity index (χ0) is 14.3. The first kappa shape index (κ1) is 12.6. The minimum atomic E-state index is -0.104. The topological polar surface area (TPSA) is 60.9 Å². The molecule has 0 saturated heterocycles. The minimum absolute atomic E-state index is 0.104. The first-order valence-corrected chi connectivity index (χ1v) is 6.45. The van der Waals surface area contributed by atoms with E-state index < -0.39 is 0 Å². The normalized spacial score (nSPS) is 11.2. The van der Waals surface area contributed by atoms with Gasteiger partial charge in [-0.3, -0.25) is 9.36 Å². The molecule has 0 spiro atoms. The monoisotopic (exact) mass is 269 g/mol. The molecule has 5 heteroatoms. The number of aromatic nitrogens is 3. The zero-order valence-corrected chi connectivity index (χ0v) is 11.7. The van der Waals surface area contributed by atoms with E-state index in [1.165, 1.54) is 5.56 Å². The SMILES string of the molecule is Cc1cccc(Cn2c(C)nc3onc(C)c3c2=O)c1. The molecule has 3 aromatic rings. The number of hydrogen-bond donors (Lipinski definition) is 0. The Bertz CT molecular complexity index is 846. The van der Waals surface area contributed by atoms with Crippen molar-refractivity contribution in [2.45, 2.75) is 27.3 Å². The third-order valence-electron chi connectivity index (χ3n) is 3.38. The Morgan fingerprint density at radius 2 is 2.05 bits per heavy atom. The molecule has 5 nitrogen and oxygen atoms in total. The molecule has 1 aromatic carbocycles. The second kappa shape index (κ2) is 4.59. The molecule has 0 aliphatic heterocycles. The van der Waals surface area contributed by atoms with E-state index in [0.717, 1.165) is 5.56 Å². The Hall–Kier alpha value is -2.43. The second-order valence-corrected chi connectivity index (χ2v) is 4.99. The molecule has 0 bridgehead atoms. The van der Waals surface area contributed by atoms with Crippen LogP contribution in [0.2, 0.25) is 0 Å². The lowest BCUT2D eigenvalue weighted by atomic mass is 10.1. The molecule has 102 valence electrons. The molecule has 0 radical (unpaired) electrons. The first-order valence-electron chi connectivity index (χ1n) is 6.45. The van der Waals surface area contributed by atoms with E-state index in [4.69, 9.17) is 4.52 Å². The molecule has 0 unspecified atom stereocenters. The van der Waals surface area contributed by atoms with Gasteiger partial charge in [0.25, 0.3) is 11.3 Å². The number of nitrogens with zero attached hydrogens (tertiary/aromatic N) is 3.